The summed E-state index contributed by atoms with van der Waals surface area (Å²) in [6.45, 7) is 12.0. The van der Waals surface area contributed by atoms with E-state index in [-0.39, 0.29) is 5.60 Å². The van der Waals surface area contributed by atoms with Gasteiger partial charge in [0.2, 0.25) is 0 Å². The minimum atomic E-state index is -0.0139. The molecule has 4 fully saturated rings. The molecular weight excluding hydrogens is 414 g/mol. The van der Waals surface area contributed by atoms with Crippen molar-refractivity contribution in [2.75, 3.05) is 0 Å². The molecule has 2 nitrogen and oxygen atoms in total. The van der Waals surface area contributed by atoms with E-state index in [1.807, 2.05) is 6.20 Å². The molecule has 0 radical (unpaired) electrons. The van der Waals surface area contributed by atoms with Crippen LogP contribution in [0.3, 0.4) is 0 Å². The number of ether oxygens (including phenoxy) is 1. The van der Waals surface area contributed by atoms with Crippen LogP contribution in [0.15, 0.2) is 36.5 Å². The van der Waals surface area contributed by atoms with Crippen molar-refractivity contribution in [3.63, 3.8) is 0 Å². The van der Waals surface area contributed by atoms with E-state index < -0.39 is 0 Å². The molecule has 0 saturated heterocycles. The second-order valence-corrected chi connectivity index (χ2v) is 13.9. The van der Waals surface area contributed by atoms with Gasteiger partial charge in [0.1, 0.15) is 0 Å². The molecule has 34 heavy (non-hydrogen) atoms. The summed E-state index contributed by atoms with van der Waals surface area (Å²) >= 11 is 0. The van der Waals surface area contributed by atoms with Crippen molar-refractivity contribution < 1.29 is 4.74 Å². The summed E-state index contributed by atoms with van der Waals surface area (Å²) in [6, 6.07) is 11.4. The molecule has 184 valence electrons. The Hall–Kier alpha value is -1.41. The van der Waals surface area contributed by atoms with E-state index in [4.69, 9.17) is 4.74 Å². The van der Waals surface area contributed by atoms with Gasteiger partial charge in [0.05, 0.1) is 17.2 Å². The number of pyridine rings is 1. The highest BCUT2D eigenvalue weighted by Gasteiger charge is 2.60. The number of fused-ring (bicyclic) bond motifs is 6. The Labute approximate surface area is 207 Å². The first-order valence-electron chi connectivity index (χ1n) is 14.2. The van der Waals surface area contributed by atoms with Crippen LogP contribution in [0, 0.1) is 34.5 Å². The number of nitrogens with zero attached hydrogens (tertiary/aromatic N) is 1. The van der Waals surface area contributed by atoms with Gasteiger partial charge in [-0.15, -0.1) is 0 Å². The number of benzene rings is 1. The van der Waals surface area contributed by atoms with E-state index in [1.165, 1.54) is 63.2 Å². The lowest BCUT2D eigenvalue weighted by molar-refractivity contribution is -0.152. The molecule has 8 atom stereocenters. The van der Waals surface area contributed by atoms with Crippen molar-refractivity contribution in [2.24, 2.45) is 34.5 Å². The Kier molecular flexibility index (Phi) is 5.45. The molecule has 2 heteroatoms. The van der Waals surface area contributed by atoms with Crippen LogP contribution in [-0.4, -0.2) is 16.7 Å². The number of hydrogen-bond donors (Lipinski definition) is 0. The fourth-order valence-corrected chi connectivity index (χ4v) is 9.68. The van der Waals surface area contributed by atoms with Gasteiger partial charge in [-0.1, -0.05) is 26.0 Å². The largest absolute Gasteiger partial charge is 0.373 e. The van der Waals surface area contributed by atoms with Gasteiger partial charge in [-0.05, 0) is 143 Å². The zero-order chi connectivity index (χ0) is 23.7. The summed E-state index contributed by atoms with van der Waals surface area (Å²) in [5.74, 6) is 4.35. The van der Waals surface area contributed by atoms with Crippen LogP contribution >= 0.6 is 0 Å². The van der Waals surface area contributed by atoms with Crippen LogP contribution in [0.25, 0.3) is 10.9 Å². The van der Waals surface area contributed by atoms with Gasteiger partial charge < -0.3 is 4.74 Å². The molecule has 0 amide bonds. The third kappa shape index (κ3) is 3.66. The maximum absolute atomic E-state index is 6.48. The fourth-order valence-electron chi connectivity index (χ4n) is 9.68. The maximum atomic E-state index is 6.48. The Balaban J connectivity index is 1.23. The van der Waals surface area contributed by atoms with E-state index in [2.05, 4.69) is 69.9 Å². The van der Waals surface area contributed by atoms with Crippen LogP contribution in [0.5, 0.6) is 0 Å². The predicted molar refractivity (Wildman–Crippen MR) is 141 cm³/mol. The number of hydrogen-bond acceptors (Lipinski definition) is 2. The SMILES string of the molecule is CC(C)(C)O[C@@H]1CC[C@@]2(C)[C@@H](CC[C@@H]3[C@@H]2CC[C@]2(C)[C@@H](c4ccc5ncccc5c4)CC[C@@H]32)C1. The van der Waals surface area contributed by atoms with Gasteiger partial charge >= 0.3 is 0 Å². The second kappa shape index (κ2) is 8.05. The van der Waals surface area contributed by atoms with Crippen molar-refractivity contribution >= 4 is 10.9 Å². The van der Waals surface area contributed by atoms with Crippen LogP contribution < -0.4 is 0 Å². The molecule has 1 aromatic heterocycles. The lowest BCUT2D eigenvalue weighted by Crippen LogP contribution is -2.54. The first kappa shape index (κ1) is 23.0. The molecule has 4 aliphatic carbocycles. The Morgan fingerprint density at radius 1 is 0.882 bits per heavy atom. The highest BCUT2D eigenvalue weighted by atomic mass is 16.5. The quantitative estimate of drug-likeness (QED) is 0.449. The van der Waals surface area contributed by atoms with Gasteiger partial charge in [-0.2, -0.15) is 0 Å². The van der Waals surface area contributed by atoms with E-state index in [9.17, 15) is 0 Å². The molecular formula is C32H45NO. The van der Waals surface area contributed by atoms with Gasteiger partial charge in [-0.25, -0.2) is 0 Å². The molecule has 4 aliphatic rings. The van der Waals surface area contributed by atoms with Gasteiger partial charge in [-0.3, -0.25) is 4.98 Å². The van der Waals surface area contributed by atoms with E-state index >= 15 is 0 Å². The summed E-state index contributed by atoms with van der Waals surface area (Å²) in [5.41, 5.74) is 3.69. The van der Waals surface area contributed by atoms with E-state index in [0.717, 1.165) is 29.2 Å². The molecule has 0 aliphatic heterocycles. The van der Waals surface area contributed by atoms with Crippen LogP contribution in [0.2, 0.25) is 0 Å². The zero-order valence-electron chi connectivity index (χ0n) is 22.1. The first-order chi connectivity index (χ1) is 16.2. The number of aromatic nitrogens is 1. The van der Waals surface area contributed by atoms with Crippen molar-refractivity contribution in [2.45, 2.75) is 110 Å². The molecule has 6 rings (SSSR count). The molecule has 1 heterocycles. The Morgan fingerprint density at radius 2 is 1.68 bits per heavy atom. The predicted octanol–water partition coefficient (Wildman–Crippen LogP) is 8.54. The Bertz CT molecular complexity index is 1050. The zero-order valence-corrected chi connectivity index (χ0v) is 22.1. The molecule has 0 unspecified atom stereocenters. The lowest BCUT2D eigenvalue weighted by Gasteiger charge is -2.61. The molecule has 4 saturated carbocycles. The average Bonchev–Trinajstić information content (AvgIpc) is 3.15. The Morgan fingerprint density at radius 3 is 2.50 bits per heavy atom. The van der Waals surface area contributed by atoms with E-state index in [1.54, 1.807) is 5.56 Å². The van der Waals surface area contributed by atoms with Crippen molar-refractivity contribution in [1.29, 1.82) is 0 Å². The normalized spacial score (nSPS) is 42.1. The topological polar surface area (TPSA) is 22.1 Å². The smallest absolute Gasteiger partial charge is 0.0702 e. The standard InChI is InChI=1S/C32H45NO/c1-30(2,3)34-24-14-16-31(4)23(20-24)9-10-25-27-12-11-26(32(27,5)17-15-28(25)31)21-8-13-29-22(19-21)7-6-18-33-29/h6-8,13,18-19,23-28H,9-12,14-17,20H2,1-5H3/t23-,24+,25-,26+,27-,28-,31-,32+/m0/s1. The molecule has 0 bridgehead atoms. The van der Waals surface area contributed by atoms with Crippen molar-refractivity contribution in [3.05, 3.63) is 42.1 Å². The monoisotopic (exact) mass is 459 g/mol. The highest BCUT2D eigenvalue weighted by molar-refractivity contribution is 5.79. The van der Waals surface area contributed by atoms with Crippen LogP contribution in [0.4, 0.5) is 0 Å². The fraction of sp³-hybridized carbons (Fsp3) is 0.719. The molecule has 2 aromatic rings. The summed E-state index contributed by atoms with van der Waals surface area (Å²) in [5, 5.41) is 1.31. The van der Waals surface area contributed by atoms with Crippen molar-refractivity contribution in [3.8, 4) is 0 Å². The third-order valence-electron chi connectivity index (χ3n) is 11.2. The third-order valence-corrected chi connectivity index (χ3v) is 11.2. The maximum Gasteiger partial charge on any atom is 0.0702 e. The van der Waals surface area contributed by atoms with Gasteiger partial charge in [0.15, 0.2) is 0 Å². The number of rotatable bonds is 2. The van der Waals surface area contributed by atoms with Gasteiger partial charge in [0, 0.05) is 11.6 Å². The van der Waals surface area contributed by atoms with Crippen LogP contribution in [0.1, 0.15) is 104 Å². The van der Waals surface area contributed by atoms with E-state index in [0.29, 0.717) is 22.9 Å². The molecule has 0 spiro atoms. The van der Waals surface area contributed by atoms with Crippen molar-refractivity contribution in [1.82, 2.24) is 4.98 Å². The highest BCUT2D eigenvalue weighted by Crippen LogP contribution is 2.69. The average molecular weight is 460 g/mol. The summed E-state index contributed by atoms with van der Waals surface area (Å²) in [7, 11) is 0. The van der Waals surface area contributed by atoms with Crippen LogP contribution in [-0.2, 0) is 4.74 Å². The minimum Gasteiger partial charge on any atom is -0.373 e. The molecule has 1 aromatic carbocycles. The molecule has 0 N–H and O–H groups in total. The summed E-state index contributed by atoms with van der Waals surface area (Å²) in [6.07, 6.45) is 14.9. The second-order valence-electron chi connectivity index (χ2n) is 13.9. The van der Waals surface area contributed by atoms with Gasteiger partial charge in [0.25, 0.3) is 0 Å². The first-order valence-corrected chi connectivity index (χ1v) is 14.2. The minimum absolute atomic E-state index is 0.0139. The summed E-state index contributed by atoms with van der Waals surface area (Å²) in [4.78, 5) is 4.56. The lowest BCUT2D eigenvalue weighted by atomic mass is 9.44. The summed E-state index contributed by atoms with van der Waals surface area (Å²) < 4.78 is 6.48.